The maximum absolute atomic E-state index is 13.1. The van der Waals surface area contributed by atoms with Crippen molar-refractivity contribution < 1.29 is 24.5 Å². The predicted molar refractivity (Wildman–Crippen MR) is 98.8 cm³/mol. The third-order valence-electron chi connectivity index (χ3n) is 3.97. The molecule has 1 amide bonds. The minimum absolute atomic E-state index is 0.0844. The van der Waals surface area contributed by atoms with Gasteiger partial charge in [-0.05, 0) is 24.3 Å². The maximum atomic E-state index is 13.1. The molecule has 1 aromatic heterocycles. The number of aliphatic hydroxyl groups is 1. The molecule has 0 fully saturated rings. The van der Waals surface area contributed by atoms with E-state index in [9.17, 15) is 14.7 Å². The van der Waals surface area contributed by atoms with E-state index in [0.717, 1.165) is 0 Å². The second-order valence-electron chi connectivity index (χ2n) is 5.69. The van der Waals surface area contributed by atoms with Crippen molar-refractivity contribution in [1.29, 1.82) is 0 Å². The molecule has 3 aromatic rings. The van der Waals surface area contributed by atoms with Crippen LogP contribution in [0.2, 0.25) is 0 Å². The van der Waals surface area contributed by atoms with Gasteiger partial charge < -0.3 is 5.11 Å². The first kappa shape index (κ1) is 18.0. The number of aromatic nitrogens is 1. The molecule has 0 aliphatic heterocycles. The number of pyridine rings is 1. The van der Waals surface area contributed by atoms with Gasteiger partial charge in [0.25, 0.3) is 11.7 Å². The van der Waals surface area contributed by atoms with Crippen molar-refractivity contribution in [3.63, 3.8) is 0 Å². The number of hydroxylamine groups is 1. The number of aliphatic hydroxyl groups excluding tert-OH is 1. The molecule has 6 heteroatoms. The quantitative estimate of drug-likeness (QED) is 0.163. The molecular formula is C21H17N2O4+. The minimum atomic E-state index is -0.672. The van der Waals surface area contributed by atoms with E-state index in [0.29, 0.717) is 11.1 Å². The van der Waals surface area contributed by atoms with Crippen LogP contribution in [0.15, 0.2) is 85.2 Å². The van der Waals surface area contributed by atoms with Crippen molar-refractivity contribution in [2.75, 3.05) is 0 Å². The molecule has 0 spiro atoms. The van der Waals surface area contributed by atoms with Crippen molar-refractivity contribution in [2.45, 2.75) is 0 Å². The van der Waals surface area contributed by atoms with E-state index in [1.54, 1.807) is 64.9 Å². The zero-order valence-electron chi connectivity index (χ0n) is 14.2. The number of hydrogen-bond donors (Lipinski definition) is 3. The monoisotopic (exact) mass is 361 g/mol. The first-order valence-corrected chi connectivity index (χ1v) is 8.16. The minimum Gasteiger partial charge on any atom is -0.502 e. The zero-order valence-corrected chi connectivity index (χ0v) is 14.2. The number of benzene rings is 2. The van der Waals surface area contributed by atoms with E-state index in [2.05, 4.69) is 0 Å². The number of rotatable bonds is 5. The Morgan fingerprint density at radius 1 is 0.741 bits per heavy atom. The van der Waals surface area contributed by atoms with Crippen LogP contribution in [0.4, 0.5) is 0 Å². The van der Waals surface area contributed by atoms with Gasteiger partial charge in [-0.2, -0.15) is 4.57 Å². The van der Waals surface area contributed by atoms with Gasteiger partial charge in [-0.3, -0.25) is 14.8 Å². The molecule has 0 atom stereocenters. The third-order valence-corrected chi connectivity index (χ3v) is 3.97. The molecule has 3 N–H and O–H groups in total. The van der Waals surface area contributed by atoms with Crippen LogP contribution in [0.3, 0.4) is 0 Å². The number of allylic oxidation sites excluding steroid dienone is 1. The van der Waals surface area contributed by atoms with Gasteiger partial charge in [-0.1, -0.05) is 36.4 Å². The van der Waals surface area contributed by atoms with Crippen LogP contribution < -0.4 is 10.0 Å². The highest BCUT2D eigenvalue weighted by Gasteiger charge is 2.27. The van der Waals surface area contributed by atoms with Gasteiger partial charge in [0.15, 0.2) is 18.2 Å². The van der Waals surface area contributed by atoms with E-state index in [1.807, 2.05) is 6.07 Å². The number of amides is 1. The molecule has 0 bridgehead atoms. The molecule has 0 radical (unpaired) electrons. The van der Waals surface area contributed by atoms with Gasteiger partial charge >= 0.3 is 5.70 Å². The molecule has 0 aliphatic carbocycles. The van der Waals surface area contributed by atoms with Crippen LogP contribution in [0.25, 0.3) is 11.5 Å². The summed E-state index contributed by atoms with van der Waals surface area (Å²) in [6.45, 7) is 0. The fraction of sp³-hybridized carbons (Fsp3) is 0. The lowest BCUT2D eigenvalue weighted by Gasteiger charge is -2.06. The topological polar surface area (TPSA) is 90.5 Å². The van der Waals surface area contributed by atoms with Crippen LogP contribution in [0, 0.1) is 0 Å². The molecule has 134 valence electrons. The molecule has 0 saturated carbocycles. The van der Waals surface area contributed by atoms with E-state index >= 15 is 0 Å². The lowest BCUT2D eigenvalue weighted by atomic mass is 10.0. The maximum Gasteiger partial charge on any atom is 0.301 e. The number of ketones is 1. The molecular weight excluding hydrogens is 344 g/mol. The molecule has 27 heavy (non-hydrogen) atoms. The van der Waals surface area contributed by atoms with Crippen LogP contribution in [0.1, 0.15) is 26.3 Å². The molecule has 0 aliphatic rings. The molecule has 1 heterocycles. The van der Waals surface area contributed by atoms with Crippen LogP contribution in [-0.4, -0.2) is 22.0 Å². The number of hydrogen-bond acceptors (Lipinski definition) is 4. The average molecular weight is 361 g/mol. The highest BCUT2D eigenvalue weighted by atomic mass is 16.5. The molecule has 6 nitrogen and oxygen atoms in total. The van der Waals surface area contributed by atoms with Crippen LogP contribution in [0.5, 0.6) is 0 Å². The normalized spacial score (nSPS) is 11.4. The lowest BCUT2D eigenvalue weighted by Crippen LogP contribution is -2.36. The predicted octanol–water partition coefficient (Wildman–Crippen LogP) is 2.86. The second-order valence-corrected chi connectivity index (χ2v) is 5.69. The van der Waals surface area contributed by atoms with Crippen molar-refractivity contribution in [3.8, 4) is 0 Å². The van der Waals surface area contributed by atoms with E-state index in [1.165, 1.54) is 24.3 Å². The molecule has 3 rings (SSSR count). The summed E-state index contributed by atoms with van der Waals surface area (Å²) in [5.74, 6) is -1.24. The molecule has 2 aromatic carbocycles. The van der Waals surface area contributed by atoms with Gasteiger partial charge in [0, 0.05) is 28.8 Å². The summed E-state index contributed by atoms with van der Waals surface area (Å²) in [7, 11) is 0. The van der Waals surface area contributed by atoms with Gasteiger partial charge in [0.1, 0.15) is 0 Å². The van der Waals surface area contributed by atoms with Gasteiger partial charge in [0.05, 0.1) is 0 Å². The Kier molecular flexibility index (Phi) is 5.39. The number of carbonyl (C=O) groups is 2. The number of Topliss-reactive ketones (excluding diaryl/α,β-unsaturated/α-hetero) is 1. The number of nitrogens with zero attached hydrogens (tertiary/aromatic N) is 1. The van der Waals surface area contributed by atoms with E-state index < -0.39 is 11.7 Å². The summed E-state index contributed by atoms with van der Waals surface area (Å²) in [5, 5.41) is 19.5. The van der Waals surface area contributed by atoms with Gasteiger partial charge in [-0.15, -0.1) is 0 Å². The largest absolute Gasteiger partial charge is 0.502 e. The molecule has 0 unspecified atom stereocenters. The highest BCUT2D eigenvalue weighted by molar-refractivity contribution is 6.26. The van der Waals surface area contributed by atoms with Gasteiger partial charge in [-0.25, -0.2) is 5.48 Å². The number of nitrogens with one attached hydrogen (secondary N) is 1. The fourth-order valence-electron chi connectivity index (χ4n) is 2.60. The lowest BCUT2D eigenvalue weighted by molar-refractivity contribution is -0.576. The second kappa shape index (κ2) is 8.07. The van der Waals surface area contributed by atoms with Crippen molar-refractivity contribution >= 4 is 23.1 Å². The zero-order chi connectivity index (χ0) is 19.2. The summed E-state index contributed by atoms with van der Waals surface area (Å²) < 4.78 is 1.54. The van der Waals surface area contributed by atoms with Crippen LogP contribution in [-0.2, 0) is 0 Å². The average Bonchev–Trinajstić information content (AvgIpc) is 2.74. The Labute approximate surface area is 155 Å². The number of carbonyl (C=O) groups excluding carboxylic acids is 2. The Morgan fingerprint density at radius 3 is 1.89 bits per heavy atom. The summed E-state index contributed by atoms with van der Waals surface area (Å²) in [6, 6.07) is 19.9. The first-order chi connectivity index (χ1) is 13.1. The fourth-order valence-corrected chi connectivity index (χ4v) is 2.60. The summed E-state index contributed by atoms with van der Waals surface area (Å²) in [4.78, 5) is 24.6. The van der Waals surface area contributed by atoms with E-state index in [-0.39, 0.29) is 17.0 Å². The smallest absolute Gasteiger partial charge is 0.301 e. The van der Waals surface area contributed by atoms with Crippen molar-refractivity contribution in [1.82, 2.24) is 5.48 Å². The Morgan fingerprint density at radius 2 is 1.30 bits per heavy atom. The Balaban J connectivity index is 2.09. The standard InChI is InChI=1S/C21H16N2O4/c24-19(15-7-3-1-4-8-15)18(23-13-5-2-6-14-23)20(25)16-9-11-17(12-10-16)21(26)22-27/h1-14H,(H2-,22,24,25,26,27)/p+1. The molecule has 0 saturated heterocycles. The SMILES string of the molecule is O=C(NO)c1ccc(C(=O)/C(=C(/O)c2ccccc2)[n+]2ccccc2)cc1. The Hall–Kier alpha value is -3.77. The Bertz CT molecular complexity index is 982. The summed E-state index contributed by atoms with van der Waals surface area (Å²) in [6.07, 6.45) is 3.33. The summed E-state index contributed by atoms with van der Waals surface area (Å²) >= 11 is 0. The van der Waals surface area contributed by atoms with Crippen molar-refractivity contribution in [3.05, 3.63) is 102 Å². The van der Waals surface area contributed by atoms with E-state index in [4.69, 9.17) is 5.21 Å². The highest BCUT2D eigenvalue weighted by Crippen LogP contribution is 2.20. The van der Waals surface area contributed by atoms with Crippen molar-refractivity contribution in [2.24, 2.45) is 0 Å². The first-order valence-electron chi connectivity index (χ1n) is 8.16. The summed E-state index contributed by atoms with van der Waals surface area (Å²) in [5.41, 5.74) is 2.63. The third kappa shape index (κ3) is 3.91. The van der Waals surface area contributed by atoms with Gasteiger partial charge in [0.2, 0.25) is 0 Å². The van der Waals surface area contributed by atoms with Crippen LogP contribution >= 0.6 is 0 Å².